The molecule has 1 aliphatic rings. The number of halogens is 1. The zero-order valence-electron chi connectivity index (χ0n) is 21.3. The predicted molar refractivity (Wildman–Crippen MR) is 139 cm³/mol. The Hall–Kier alpha value is -4.43. The number of amidine groups is 1. The first-order valence-electron chi connectivity index (χ1n) is 11.7. The van der Waals surface area contributed by atoms with E-state index in [0.29, 0.717) is 43.0 Å². The number of likely N-dealkylation sites (tertiary alicyclic amines) is 1. The second-order valence-corrected chi connectivity index (χ2v) is 8.72. The predicted octanol–water partition coefficient (Wildman–Crippen LogP) is 1.34. The van der Waals surface area contributed by atoms with Crippen LogP contribution in [0.1, 0.15) is 21.5 Å². The number of carbonyl (C=O) groups excluding carboxylic acids is 2. The van der Waals surface area contributed by atoms with E-state index in [2.05, 4.69) is 25.6 Å². The number of ether oxygens (including phenoxy) is 2. The number of methoxy groups -OCH3 is 2. The number of nitrogens with one attached hydrogen (secondary N) is 2. The molecule has 1 aromatic carbocycles. The third-order valence-corrected chi connectivity index (χ3v) is 6.15. The van der Waals surface area contributed by atoms with Crippen molar-refractivity contribution in [1.82, 2.24) is 19.6 Å². The van der Waals surface area contributed by atoms with Crippen LogP contribution in [0.15, 0.2) is 41.8 Å². The Morgan fingerprint density at radius 3 is 2.74 bits per heavy atom. The van der Waals surface area contributed by atoms with Gasteiger partial charge >= 0.3 is 6.09 Å². The number of pyridine rings is 1. The highest BCUT2D eigenvalue weighted by Gasteiger charge is 2.34. The van der Waals surface area contributed by atoms with Crippen molar-refractivity contribution in [2.75, 3.05) is 51.1 Å². The highest BCUT2D eigenvalue weighted by Crippen LogP contribution is 2.23. The molecule has 0 spiro atoms. The normalized spacial score (nSPS) is 13.8. The molecule has 0 atom stereocenters. The molecule has 14 heteroatoms. The lowest BCUT2D eigenvalue weighted by Gasteiger charge is -2.40. The fourth-order valence-electron chi connectivity index (χ4n) is 3.87. The van der Waals surface area contributed by atoms with Gasteiger partial charge in [0.2, 0.25) is 0 Å². The maximum absolute atomic E-state index is 14.4. The van der Waals surface area contributed by atoms with E-state index >= 15 is 0 Å². The van der Waals surface area contributed by atoms with Crippen LogP contribution in [-0.4, -0.2) is 84.0 Å². The molecule has 4 rings (SSSR count). The van der Waals surface area contributed by atoms with E-state index in [4.69, 9.17) is 16.3 Å². The number of benzene rings is 1. The van der Waals surface area contributed by atoms with Crippen LogP contribution in [0, 0.1) is 12.7 Å². The minimum Gasteiger partial charge on any atom is -0.453 e. The quantitative estimate of drug-likeness (QED) is 0.106. The number of amides is 2. The van der Waals surface area contributed by atoms with Crippen molar-refractivity contribution < 1.29 is 23.5 Å². The molecule has 0 aliphatic carbocycles. The SMILES string of the molecule is COCCNc1cc2c(C(=O)Nc3cc(/C(N)=N/N(N)C4CN(C(=O)OC)C4)ccc3C)cnn2cc1F. The van der Waals surface area contributed by atoms with Gasteiger partial charge in [-0.2, -0.15) is 5.10 Å². The summed E-state index contributed by atoms with van der Waals surface area (Å²) in [6.07, 6.45) is 2.15. The van der Waals surface area contributed by atoms with Crippen LogP contribution in [0.3, 0.4) is 0 Å². The molecule has 1 fully saturated rings. The van der Waals surface area contributed by atoms with Crippen LogP contribution in [0.2, 0.25) is 0 Å². The van der Waals surface area contributed by atoms with E-state index in [1.165, 1.54) is 40.1 Å². The van der Waals surface area contributed by atoms with Crippen molar-refractivity contribution in [1.29, 1.82) is 0 Å². The van der Waals surface area contributed by atoms with Crippen molar-refractivity contribution in [2.45, 2.75) is 13.0 Å². The summed E-state index contributed by atoms with van der Waals surface area (Å²) in [6.45, 7) is 3.36. The van der Waals surface area contributed by atoms with E-state index in [9.17, 15) is 14.0 Å². The van der Waals surface area contributed by atoms with Gasteiger partial charge in [0.25, 0.3) is 5.91 Å². The molecule has 38 heavy (non-hydrogen) atoms. The number of hydrogen-bond donors (Lipinski definition) is 4. The first kappa shape index (κ1) is 26.6. The van der Waals surface area contributed by atoms with Gasteiger partial charge in [0.05, 0.1) is 48.9 Å². The van der Waals surface area contributed by atoms with Gasteiger partial charge in [0, 0.05) is 38.0 Å². The lowest BCUT2D eigenvalue weighted by Crippen LogP contribution is -2.61. The molecule has 1 saturated heterocycles. The number of aryl methyl sites for hydroxylation is 1. The molecule has 202 valence electrons. The number of fused-ring (bicyclic) bond motifs is 1. The van der Waals surface area contributed by atoms with Gasteiger partial charge in [-0.1, -0.05) is 12.1 Å². The van der Waals surface area contributed by atoms with Crippen LogP contribution in [0.25, 0.3) is 5.52 Å². The van der Waals surface area contributed by atoms with E-state index in [0.717, 1.165) is 5.56 Å². The summed E-state index contributed by atoms with van der Waals surface area (Å²) >= 11 is 0. The molecule has 3 heterocycles. The minimum absolute atomic E-state index is 0.137. The van der Waals surface area contributed by atoms with Crippen LogP contribution < -0.4 is 22.2 Å². The van der Waals surface area contributed by atoms with Crippen molar-refractivity contribution in [3.63, 3.8) is 0 Å². The molecule has 0 bridgehead atoms. The van der Waals surface area contributed by atoms with Gasteiger partial charge in [-0.15, -0.1) is 5.10 Å². The highest BCUT2D eigenvalue weighted by atomic mass is 19.1. The third kappa shape index (κ3) is 5.60. The Morgan fingerprint density at radius 2 is 2.03 bits per heavy atom. The number of rotatable bonds is 9. The number of nitrogens with zero attached hydrogens (tertiary/aromatic N) is 5. The first-order valence-corrected chi connectivity index (χ1v) is 11.7. The van der Waals surface area contributed by atoms with E-state index in [1.807, 2.05) is 6.92 Å². The van der Waals surface area contributed by atoms with Gasteiger partial charge < -0.3 is 30.7 Å². The Kier molecular flexibility index (Phi) is 7.93. The molecular formula is C24H30FN9O4. The number of aromatic nitrogens is 2. The van der Waals surface area contributed by atoms with Crippen LogP contribution in [-0.2, 0) is 9.47 Å². The average molecular weight is 528 g/mol. The summed E-state index contributed by atoms with van der Waals surface area (Å²) in [5, 5.41) is 15.4. The molecule has 2 amide bonds. The molecule has 0 unspecified atom stereocenters. The zero-order valence-corrected chi connectivity index (χ0v) is 21.3. The van der Waals surface area contributed by atoms with Gasteiger partial charge in [-0.3, -0.25) is 4.79 Å². The summed E-state index contributed by atoms with van der Waals surface area (Å²) in [5.41, 5.74) is 8.94. The molecule has 3 aromatic rings. The molecule has 0 saturated carbocycles. The molecule has 13 nitrogen and oxygen atoms in total. The number of anilines is 2. The largest absolute Gasteiger partial charge is 0.453 e. The number of nitrogens with two attached hydrogens (primary N) is 2. The third-order valence-electron chi connectivity index (χ3n) is 6.15. The Bertz CT molecular complexity index is 1370. The van der Waals surface area contributed by atoms with Gasteiger partial charge in [0.1, 0.15) is 0 Å². The van der Waals surface area contributed by atoms with Crippen molar-refractivity contribution in [3.05, 3.63) is 59.2 Å². The standard InChI is InChI=1S/C24H30FN9O4/c1-14-4-5-15(22(26)31-34(27)16-11-32(12-16)24(36)38-3)8-19(14)30-23(35)17-10-29-33-13-18(25)20(9-21(17)33)28-6-7-37-2/h4-5,8-10,13,16,28H,6-7,11-12,27H2,1-3H3,(H2,26,31)(H,30,35). The second-order valence-electron chi connectivity index (χ2n) is 8.72. The smallest absolute Gasteiger partial charge is 0.409 e. The fourth-order valence-corrected chi connectivity index (χ4v) is 3.87. The average Bonchev–Trinajstić information content (AvgIpc) is 3.27. The zero-order chi connectivity index (χ0) is 27.4. The van der Waals surface area contributed by atoms with Gasteiger partial charge in [-0.05, 0) is 24.6 Å². The number of hydrogen-bond acceptors (Lipinski definition) is 9. The number of carbonyl (C=O) groups is 2. The lowest BCUT2D eigenvalue weighted by molar-refractivity contribution is 0.0301. The highest BCUT2D eigenvalue weighted by molar-refractivity contribution is 6.10. The maximum Gasteiger partial charge on any atom is 0.409 e. The lowest BCUT2D eigenvalue weighted by atomic mass is 10.1. The first-order chi connectivity index (χ1) is 18.2. The van der Waals surface area contributed by atoms with Crippen molar-refractivity contribution in [3.8, 4) is 0 Å². The monoisotopic (exact) mass is 527 g/mol. The minimum atomic E-state index is -0.504. The summed E-state index contributed by atoms with van der Waals surface area (Å²) in [4.78, 5) is 26.2. The molecule has 1 aliphatic heterocycles. The number of hydrazone groups is 1. The van der Waals surface area contributed by atoms with Gasteiger partial charge in [0.15, 0.2) is 11.7 Å². The topological polar surface area (TPSA) is 165 Å². The summed E-state index contributed by atoms with van der Waals surface area (Å²) in [7, 11) is 2.87. The second kappa shape index (κ2) is 11.3. The summed E-state index contributed by atoms with van der Waals surface area (Å²) < 4.78 is 25.4. The Balaban J connectivity index is 1.49. The molecule has 0 radical (unpaired) electrons. The van der Waals surface area contributed by atoms with Gasteiger partial charge in [-0.25, -0.2) is 24.7 Å². The summed E-state index contributed by atoms with van der Waals surface area (Å²) in [6, 6.07) is 6.56. The Morgan fingerprint density at radius 1 is 1.26 bits per heavy atom. The van der Waals surface area contributed by atoms with Crippen LogP contribution in [0.4, 0.5) is 20.6 Å². The van der Waals surface area contributed by atoms with E-state index in [1.54, 1.807) is 25.3 Å². The van der Waals surface area contributed by atoms with E-state index in [-0.39, 0.29) is 23.1 Å². The van der Waals surface area contributed by atoms with Crippen LogP contribution >= 0.6 is 0 Å². The summed E-state index contributed by atoms with van der Waals surface area (Å²) in [5.74, 6) is 5.22. The molecular weight excluding hydrogens is 497 g/mol. The van der Waals surface area contributed by atoms with Crippen molar-refractivity contribution in [2.24, 2.45) is 16.7 Å². The van der Waals surface area contributed by atoms with Crippen LogP contribution in [0.5, 0.6) is 0 Å². The fraction of sp³-hybridized carbons (Fsp3) is 0.333. The maximum atomic E-state index is 14.4. The van der Waals surface area contributed by atoms with E-state index < -0.39 is 17.8 Å². The molecule has 6 N–H and O–H groups in total. The van der Waals surface area contributed by atoms with Crippen molar-refractivity contribution >= 4 is 34.7 Å². The number of hydrazine groups is 1. The molecule has 2 aromatic heterocycles. The Labute approximate surface area is 218 Å².